The van der Waals surface area contributed by atoms with Gasteiger partial charge < -0.3 is 10.0 Å². The Morgan fingerprint density at radius 2 is 2.21 bits per heavy atom. The number of halogens is 2. The number of fused-ring (bicyclic) bond motifs is 1. The van der Waals surface area contributed by atoms with E-state index in [-0.39, 0.29) is 12.5 Å². The van der Waals surface area contributed by atoms with Gasteiger partial charge in [0.2, 0.25) is 6.41 Å². The van der Waals surface area contributed by atoms with Gasteiger partial charge in [-0.2, -0.15) is 0 Å². The molecule has 1 atom stereocenters. The molecule has 1 aromatic carbocycles. The number of carboxylic acid groups (broad SMARTS) is 1. The maximum Gasteiger partial charge on any atom is 0.323 e. The summed E-state index contributed by atoms with van der Waals surface area (Å²) in [4.78, 5) is 22.7. The summed E-state index contributed by atoms with van der Waals surface area (Å²) in [5.74, 6) is -2.35. The molecule has 19 heavy (non-hydrogen) atoms. The van der Waals surface area contributed by atoms with Crippen LogP contribution in [-0.4, -0.2) is 35.0 Å². The van der Waals surface area contributed by atoms with Crippen molar-refractivity contribution in [3.05, 3.63) is 34.9 Å². The van der Waals surface area contributed by atoms with E-state index in [1.807, 2.05) is 0 Å². The Bertz CT molecular complexity index is 519. The van der Waals surface area contributed by atoms with Crippen LogP contribution < -0.4 is 0 Å². The number of amides is 1. The highest BCUT2D eigenvalue weighted by Crippen LogP contribution is 2.27. The molecule has 0 aromatic heterocycles. The molecule has 0 radical (unpaired) electrons. The first kappa shape index (κ1) is 13.5. The van der Waals surface area contributed by atoms with Gasteiger partial charge in [0.15, 0.2) is 0 Å². The SMILES string of the molecule is O=CN(CC(=O)O)C1CCc2c(F)cc(F)cc2C1. The minimum Gasteiger partial charge on any atom is -0.480 e. The first-order chi connectivity index (χ1) is 9.01. The third-order valence-corrected chi connectivity index (χ3v) is 3.36. The minimum absolute atomic E-state index is 0.274. The lowest BCUT2D eigenvalue weighted by Crippen LogP contribution is -2.41. The molecule has 0 saturated carbocycles. The van der Waals surface area contributed by atoms with Crippen molar-refractivity contribution in [2.75, 3.05) is 6.54 Å². The molecule has 1 unspecified atom stereocenters. The molecule has 102 valence electrons. The molecule has 1 aromatic rings. The van der Waals surface area contributed by atoms with Gasteiger partial charge >= 0.3 is 5.97 Å². The Hall–Kier alpha value is -1.98. The van der Waals surface area contributed by atoms with Crippen molar-refractivity contribution in [2.24, 2.45) is 0 Å². The molecule has 0 bridgehead atoms. The van der Waals surface area contributed by atoms with Gasteiger partial charge in [-0.3, -0.25) is 9.59 Å². The summed E-state index contributed by atoms with van der Waals surface area (Å²) in [5, 5.41) is 8.71. The molecular weight excluding hydrogens is 256 g/mol. The van der Waals surface area contributed by atoms with Crippen molar-refractivity contribution in [3.8, 4) is 0 Å². The lowest BCUT2D eigenvalue weighted by molar-refractivity contribution is -0.142. The molecular formula is C13H13F2NO3. The van der Waals surface area contributed by atoms with E-state index in [0.29, 0.717) is 30.4 Å². The monoisotopic (exact) mass is 269 g/mol. The number of benzene rings is 1. The number of hydrogen-bond donors (Lipinski definition) is 1. The third-order valence-electron chi connectivity index (χ3n) is 3.36. The van der Waals surface area contributed by atoms with Gasteiger partial charge in [-0.05, 0) is 36.5 Å². The Morgan fingerprint density at radius 1 is 1.47 bits per heavy atom. The number of hydrogen-bond acceptors (Lipinski definition) is 2. The standard InChI is InChI=1S/C13H13F2NO3/c14-9-3-8-4-10(16(7-17)6-13(18)19)1-2-11(8)12(15)5-9/h3,5,7,10H,1-2,4,6H2,(H,18,19). The van der Waals surface area contributed by atoms with E-state index in [0.717, 1.165) is 11.0 Å². The number of nitrogens with zero attached hydrogens (tertiary/aromatic N) is 1. The summed E-state index contributed by atoms with van der Waals surface area (Å²) in [5.41, 5.74) is 0.963. The summed E-state index contributed by atoms with van der Waals surface area (Å²) in [6.07, 6.45) is 1.59. The summed E-state index contributed by atoms with van der Waals surface area (Å²) in [7, 11) is 0. The number of carbonyl (C=O) groups excluding carboxylic acids is 1. The molecule has 0 heterocycles. The molecule has 1 aliphatic carbocycles. The number of rotatable bonds is 4. The molecule has 1 N–H and O–H groups in total. The molecule has 1 aliphatic rings. The van der Waals surface area contributed by atoms with Crippen LogP contribution in [0.15, 0.2) is 12.1 Å². The summed E-state index contributed by atoms with van der Waals surface area (Å²) < 4.78 is 26.7. The molecule has 4 nitrogen and oxygen atoms in total. The smallest absolute Gasteiger partial charge is 0.323 e. The first-order valence-corrected chi connectivity index (χ1v) is 5.91. The van der Waals surface area contributed by atoms with E-state index in [1.54, 1.807) is 0 Å². The highest BCUT2D eigenvalue weighted by Gasteiger charge is 2.26. The Balaban J connectivity index is 2.21. The molecule has 0 aliphatic heterocycles. The first-order valence-electron chi connectivity index (χ1n) is 5.91. The molecule has 0 saturated heterocycles. The zero-order valence-corrected chi connectivity index (χ0v) is 10.1. The average Bonchev–Trinajstić information content (AvgIpc) is 2.34. The van der Waals surface area contributed by atoms with Gasteiger partial charge in [0.25, 0.3) is 0 Å². The van der Waals surface area contributed by atoms with Crippen LogP contribution in [0, 0.1) is 11.6 Å². The van der Waals surface area contributed by atoms with Crippen LogP contribution >= 0.6 is 0 Å². The molecule has 2 rings (SSSR count). The van der Waals surface area contributed by atoms with Crippen LogP contribution in [0.5, 0.6) is 0 Å². The molecule has 1 amide bonds. The fraction of sp³-hybridized carbons (Fsp3) is 0.385. The fourth-order valence-electron chi connectivity index (χ4n) is 2.48. The van der Waals surface area contributed by atoms with Crippen LogP contribution in [-0.2, 0) is 22.4 Å². The van der Waals surface area contributed by atoms with Gasteiger partial charge in [-0.1, -0.05) is 0 Å². The summed E-state index contributed by atoms with van der Waals surface area (Å²) >= 11 is 0. The lowest BCUT2D eigenvalue weighted by Gasteiger charge is -2.31. The normalized spacial score (nSPS) is 17.7. The van der Waals surface area contributed by atoms with Crippen molar-refractivity contribution in [1.82, 2.24) is 4.90 Å². The number of carboxylic acids is 1. The second kappa shape index (κ2) is 5.34. The van der Waals surface area contributed by atoms with E-state index in [1.165, 1.54) is 6.07 Å². The molecule has 0 spiro atoms. The van der Waals surface area contributed by atoms with Gasteiger partial charge in [0, 0.05) is 12.1 Å². The van der Waals surface area contributed by atoms with Gasteiger partial charge in [-0.25, -0.2) is 8.78 Å². The van der Waals surface area contributed by atoms with Crippen LogP contribution in [0.1, 0.15) is 17.5 Å². The largest absolute Gasteiger partial charge is 0.480 e. The summed E-state index contributed by atoms with van der Waals surface area (Å²) in [6.45, 7) is -0.401. The van der Waals surface area contributed by atoms with E-state index in [9.17, 15) is 18.4 Å². The van der Waals surface area contributed by atoms with E-state index in [2.05, 4.69) is 0 Å². The summed E-state index contributed by atoms with van der Waals surface area (Å²) in [6, 6.07) is 1.75. The van der Waals surface area contributed by atoms with E-state index in [4.69, 9.17) is 5.11 Å². The van der Waals surface area contributed by atoms with Crippen molar-refractivity contribution in [1.29, 1.82) is 0 Å². The topological polar surface area (TPSA) is 57.6 Å². The fourth-order valence-corrected chi connectivity index (χ4v) is 2.48. The maximum atomic E-state index is 13.5. The van der Waals surface area contributed by atoms with Gasteiger partial charge in [-0.15, -0.1) is 0 Å². The Kier molecular flexibility index (Phi) is 3.78. The van der Waals surface area contributed by atoms with Crippen LogP contribution in [0.3, 0.4) is 0 Å². The van der Waals surface area contributed by atoms with Crippen molar-refractivity contribution in [3.63, 3.8) is 0 Å². The third kappa shape index (κ3) is 2.89. The van der Waals surface area contributed by atoms with Gasteiger partial charge in [0.05, 0.1) is 0 Å². The highest BCUT2D eigenvalue weighted by molar-refractivity contribution is 5.72. The minimum atomic E-state index is -1.11. The van der Waals surface area contributed by atoms with Crippen LogP contribution in [0.4, 0.5) is 8.78 Å². The second-order valence-corrected chi connectivity index (χ2v) is 4.59. The van der Waals surface area contributed by atoms with Crippen LogP contribution in [0.25, 0.3) is 0 Å². The lowest BCUT2D eigenvalue weighted by atomic mass is 9.87. The maximum absolute atomic E-state index is 13.5. The Labute approximate surface area is 108 Å². The molecule has 0 fully saturated rings. The van der Waals surface area contributed by atoms with Crippen molar-refractivity contribution >= 4 is 12.4 Å². The predicted molar refractivity (Wildman–Crippen MR) is 62.6 cm³/mol. The van der Waals surface area contributed by atoms with E-state index >= 15 is 0 Å². The number of carbonyl (C=O) groups is 2. The zero-order chi connectivity index (χ0) is 14.0. The predicted octanol–water partition coefficient (Wildman–Crippen LogP) is 1.37. The van der Waals surface area contributed by atoms with E-state index < -0.39 is 24.1 Å². The Morgan fingerprint density at radius 3 is 2.84 bits per heavy atom. The molecule has 6 heteroatoms. The van der Waals surface area contributed by atoms with Crippen LogP contribution in [0.2, 0.25) is 0 Å². The second-order valence-electron chi connectivity index (χ2n) is 4.59. The van der Waals surface area contributed by atoms with Crippen molar-refractivity contribution < 1.29 is 23.5 Å². The van der Waals surface area contributed by atoms with Crippen molar-refractivity contribution in [2.45, 2.75) is 25.3 Å². The average molecular weight is 269 g/mol. The van der Waals surface area contributed by atoms with Gasteiger partial charge in [0.1, 0.15) is 18.2 Å². The number of aliphatic carboxylic acids is 1. The zero-order valence-electron chi connectivity index (χ0n) is 10.1. The highest BCUT2D eigenvalue weighted by atomic mass is 19.1. The quantitative estimate of drug-likeness (QED) is 0.840.